The molecule has 4 rings (SSSR count). The van der Waals surface area contributed by atoms with Gasteiger partial charge in [-0.25, -0.2) is 14.7 Å². The second-order valence-electron chi connectivity index (χ2n) is 8.51. The predicted molar refractivity (Wildman–Crippen MR) is 137 cm³/mol. The minimum Gasteiger partial charge on any atom is -0.438 e. The highest BCUT2D eigenvalue weighted by atomic mass is 32.2. The van der Waals surface area contributed by atoms with Gasteiger partial charge in [-0.05, 0) is 69.2 Å². The largest absolute Gasteiger partial charge is 0.438 e. The number of nitrogen functional groups attached to an aromatic ring is 1. The lowest BCUT2D eigenvalue weighted by Gasteiger charge is -2.16. The molecule has 0 atom stereocenters. The number of nitrogens with one attached hydrogen (secondary N) is 1. The summed E-state index contributed by atoms with van der Waals surface area (Å²) in [5, 5.41) is 3.97. The molecule has 0 aliphatic carbocycles. The number of aryl methyl sites for hydroxylation is 5. The number of carbonyl (C=O) groups is 1. The number of carbonyl (C=O) groups excluding carboxylic acids is 1. The van der Waals surface area contributed by atoms with Crippen LogP contribution in [0, 0.1) is 27.7 Å². The van der Waals surface area contributed by atoms with Crippen molar-refractivity contribution in [1.29, 1.82) is 0 Å². The summed E-state index contributed by atoms with van der Waals surface area (Å²) in [6.07, 6.45) is 0. The van der Waals surface area contributed by atoms with E-state index < -0.39 is 15.9 Å². The third kappa shape index (κ3) is 5.05. The van der Waals surface area contributed by atoms with Crippen LogP contribution < -0.4 is 15.2 Å². The summed E-state index contributed by atoms with van der Waals surface area (Å²) in [6.45, 7) is 7.61. The molecule has 1 amide bonds. The minimum absolute atomic E-state index is 0. The van der Waals surface area contributed by atoms with Crippen molar-refractivity contribution in [2.75, 3.05) is 5.73 Å². The van der Waals surface area contributed by atoms with Gasteiger partial charge in [0.2, 0.25) is 5.88 Å². The maximum atomic E-state index is 13.2. The zero-order valence-electron chi connectivity index (χ0n) is 20.5. The second kappa shape index (κ2) is 9.42. The summed E-state index contributed by atoms with van der Waals surface area (Å²) in [4.78, 5) is 21.6. The first-order chi connectivity index (χ1) is 16.9. The summed E-state index contributed by atoms with van der Waals surface area (Å²) in [5.74, 6) is -0.426. The van der Waals surface area contributed by atoms with Crippen molar-refractivity contribution >= 4 is 21.7 Å². The SMILES string of the molecule is Cc1cc(C)c(Oc2nc(-c3cc(C)nn3C)ccc2C(=O)NS(=O)(=O)c2cccc(N)n2)c(C)c1.[HH]. The fourth-order valence-electron chi connectivity index (χ4n) is 3.92. The summed E-state index contributed by atoms with van der Waals surface area (Å²) < 4.78 is 35.5. The van der Waals surface area contributed by atoms with E-state index in [1.165, 1.54) is 24.3 Å². The molecule has 0 fully saturated rings. The number of sulfonamides is 1. The molecular weight excluding hydrogens is 480 g/mol. The van der Waals surface area contributed by atoms with E-state index in [9.17, 15) is 13.2 Å². The Labute approximate surface area is 210 Å². The van der Waals surface area contributed by atoms with Crippen molar-refractivity contribution < 1.29 is 19.4 Å². The Kier molecular flexibility index (Phi) is 6.51. The van der Waals surface area contributed by atoms with Gasteiger partial charge in [0, 0.05) is 8.47 Å². The summed E-state index contributed by atoms with van der Waals surface area (Å²) >= 11 is 0. The van der Waals surface area contributed by atoms with Gasteiger partial charge in [-0.15, -0.1) is 0 Å². The van der Waals surface area contributed by atoms with Gasteiger partial charge in [0.25, 0.3) is 15.9 Å². The molecule has 188 valence electrons. The quantitative estimate of drug-likeness (QED) is 0.400. The number of benzene rings is 1. The Morgan fingerprint density at radius 2 is 1.72 bits per heavy atom. The smallest absolute Gasteiger partial charge is 0.281 e. The molecule has 1 aromatic carbocycles. The maximum absolute atomic E-state index is 13.2. The number of anilines is 1. The van der Waals surface area contributed by atoms with Crippen LogP contribution in [-0.2, 0) is 17.1 Å². The summed E-state index contributed by atoms with van der Waals surface area (Å²) in [5.41, 5.74) is 10.3. The lowest BCUT2D eigenvalue weighted by Crippen LogP contribution is -2.31. The number of ether oxygens (including phenoxy) is 1. The molecule has 4 aromatic rings. The molecule has 0 saturated carbocycles. The van der Waals surface area contributed by atoms with E-state index in [0.717, 1.165) is 22.4 Å². The van der Waals surface area contributed by atoms with Crippen LogP contribution in [0.2, 0.25) is 0 Å². The molecule has 0 bridgehead atoms. The van der Waals surface area contributed by atoms with Gasteiger partial charge in [0.15, 0.2) is 5.03 Å². The number of rotatable bonds is 6. The van der Waals surface area contributed by atoms with E-state index in [0.29, 0.717) is 17.1 Å². The standard InChI is InChI=1S/C25H26N6O4S.H2/c1-14-11-15(2)23(16(3)12-14)35-25-18(9-10-19(27-25)20-13-17(4)29-31(20)5)24(32)30-36(33,34)22-8-6-7-21(26)28-22;/h6-13H,1-5H3,(H2,26,28)(H,30,32);1H. The number of aromatic nitrogens is 4. The van der Waals surface area contributed by atoms with Gasteiger partial charge in [-0.2, -0.15) is 13.5 Å². The molecule has 0 spiro atoms. The Hall–Kier alpha value is -4.25. The fourth-order valence-corrected chi connectivity index (χ4v) is 4.86. The predicted octanol–water partition coefficient (Wildman–Crippen LogP) is 3.85. The minimum atomic E-state index is -4.30. The van der Waals surface area contributed by atoms with Crippen molar-refractivity contribution in [3.63, 3.8) is 0 Å². The van der Waals surface area contributed by atoms with E-state index in [2.05, 4.69) is 15.1 Å². The monoisotopic (exact) mass is 508 g/mol. The van der Waals surface area contributed by atoms with Crippen LogP contribution in [0.25, 0.3) is 11.4 Å². The molecule has 3 aromatic heterocycles. The van der Waals surface area contributed by atoms with Gasteiger partial charge in [0.1, 0.15) is 17.1 Å². The topological polar surface area (TPSA) is 142 Å². The number of nitrogens with two attached hydrogens (primary N) is 1. The van der Waals surface area contributed by atoms with E-state index in [1.54, 1.807) is 17.8 Å². The highest BCUT2D eigenvalue weighted by Crippen LogP contribution is 2.32. The summed E-state index contributed by atoms with van der Waals surface area (Å²) in [7, 11) is -2.51. The molecule has 11 heteroatoms. The second-order valence-corrected chi connectivity index (χ2v) is 10.1. The molecule has 0 radical (unpaired) electrons. The highest BCUT2D eigenvalue weighted by Gasteiger charge is 2.25. The molecule has 36 heavy (non-hydrogen) atoms. The van der Waals surface area contributed by atoms with Crippen LogP contribution in [-0.4, -0.2) is 34.1 Å². The third-order valence-corrected chi connectivity index (χ3v) is 6.65. The van der Waals surface area contributed by atoms with Gasteiger partial charge in [0.05, 0.1) is 17.1 Å². The van der Waals surface area contributed by atoms with E-state index >= 15 is 0 Å². The highest BCUT2D eigenvalue weighted by molar-refractivity contribution is 7.90. The van der Waals surface area contributed by atoms with Crippen molar-refractivity contribution in [3.05, 3.63) is 76.5 Å². The zero-order chi connectivity index (χ0) is 26.2. The first-order valence-corrected chi connectivity index (χ1v) is 12.5. The Morgan fingerprint density at radius 3 is 2.33 bits per heavy atom. The Bertz CT molecular complexity index is 1580. The van der Waals surface area contributed by atoms with Crippen LogP contribution in [0.4, 0.5) is 5.82 Å². The molecule has 0 unspecified atom stereocenters. The molecule has 0 aliphatic rings. The third-order valence-electron chi connectivity index (χ3n) is 5.42. The number of hydrogen-bond donors (Lipinski definition) is 2. The first-order valence-electron chi connectivity index (χ1n) is 11.0. The van der Waals surface area contributed by atoms with Crippen LogP contribution in [0.1, 0.15) is 34.2 Å². The molecule has 0 aliphatic heterocycles. The number of nitrogens with zero attached hydrogens (tertiary/aromatic N) is 4. The van der Waals surface area contributed by atoms with Crippen LogP contribution >= 0.6 is 0 Å². The molecule has 3 heterocycles. The lowest BCUT2D eigenvalue weighted by molar-refractivity contribution is 0.0978. The lowest BCUT2D eigenvalue weighted by atomic mass is 10.1. The van der Waals surface area contributed by atoms with Crippen molar-refractivity contribution in [3.8, 4) is 23.0 Å². The molecule has 0 saturated heterocycles. The fraction of sp³-hybridized carbons (Fsp3) is 0.200. The zero-order valence-corrected chi connectivity index (χ0v) is 21.3. The van der Waals surface area contributed by atoms with E-state index in [1.807, 2.05) is 50.6 Å². The first kappa shape index (κ1) is 24.9. The average molecular weight is 509 g/mol. The Balaban J connectivity index is 0.00000380. The van der Waals surface area contributed by atoms with Gasteiger partial charge >= 0.3 is 0 Å². The number of amides is 1. The van der Waals surface area contributed by atoms with Crippen molar-refractivity contribution in [1.82, 2.24) is 24.5 Å². The van der Waals surface area contributed by atoms with Gasteiger partial charge < -0.3 is 10.5 Å². The van der Waals surface area contributed by atoms with Crippen LogP contribution in [0.3, 0.4) is 0 Å². The summed E-state index contributed by atoms with van der Waals surface area (Å²) in [6, 6.07) is 13.0. The van der Waals surface area contributed by atoms with Crippen molar-refractivity contribution in [2.24, 2.45) is 7.05 Å². The van der Waals surface area contributed by atoms with Crippen LogP contribution in [0.5, 0.6) is 11.6 Å². The molecule has 3 N–H and O–H groups in total. The van der Waals surface area contributed by atoms with Gasteiger partial charge in [-0.1, -0.05) is 23.8 Å². The van der Waals surface area contributed by atoms with Crippen molar-refractivity contribution in [2.45, 2.75) is 32.7 Å². The van der Waals surface area contributed by atoms with E-state index in [-0.39, 0.29) is 23.7 Å². The van der Waals surface area contributed by atoms with Crippen LogP contribution in [0.15, 0.2) is 53.6 Å². The van der Waals surface area contributed by atoms with Gasteiger partial charge in [-0.3, -0.25) is 9.48 Å². The molecule has 10 nitrogen and oxygen atoms in total. The number of pyridine rings is 2. The Morgan fingerprint density at radius 1 is 1.03 bits per heavy atom. The average Bonchev–Trinajstić information content (AvgIpc) is 3.13. The molecular formula is C25H28N6O4S. The maximum Gasteiger partial charge on any atom is 0.281 e. The van der Waals surface area contributed by atoms with E-state index in [4.69, 9.17) is 10.5 Å². The normalized spacial score (nSPS) is 11.4. The number of hydrogen-bond acceptors (Lipinski definition) is 8.